The van der Waals surface area contributed by atoms with Crippen LogP contribution in [0.2, 0.25) is 0 Å². The molecule has 2 bridgehead atoms. The van der Waals surface area contributed by atoms with Crippen molar-refractivity contribution in [2.24, 2.45) is 23.7 Å². The number of amides is 3. The molecule has 1 aliphatic heterocycles. The van der Waals surface area contributed by atoms with Gasteiger partial charge in [0, 0.05) is 21.9 Å². The van der Waals surface area contributed by atoms with Gasteiger partial charge in [-0.2, -0.15) is 0 Å². The third-order valence-electron chi connectivity index (χ3n) is 6.28. The number of nitrogens with one attached hydrogen (secondary N) is 1. The Labute approximate surface area is 191 Å². The van der Waals surface area contributed by atoms with Crippen LogP contribution in [-0.4, -0.2) is 51.4 Å². The van der Waals surface area contributed by atoms with E-state index in [-0.39, 0.29) is 58.1 Å². The minimum Gasteiger partial charge on any atom is -0.456 e. The SMILES string of the molecule is Cc1cccc(NC(=O)COC(=O)CCN2C(=O)[C@@H]3[C@H]4C[C@@H]([C@@H](Br)[C@H]4Br)[C@H]3C2=O)c1. The van der Waals surface area contributed by atoms with E-state index in [1.54, 1.807) is 6.07 Å². The number of anilines is 1. The number of carbonyl (C=O) groups excluding carboxylic acids is 4. The van der Waals surface area contributed by atoms with Gasteiger partial charge in [0.15, 0.2) is 6.61 Å². The van der Waals surface area contributed by atoms with Crippen LogP contribution >= 0.6 is 31.9 Å². The molecule has 0 unspecified atom stereocenters. The Morgan fingerprint density at radius 1 is 1.13 bits per heavy atom. The van der Waals surface area contributed by atoms with Gasteiger partial charge in [-0.15, -0.1) is 0 Å². The van der Waals surface area contributed by atoms with Crippen molar-refractivity contribution in [3.63, 3.8) is 0 Å². The first-order valence-electron chi connectivity index (χ1n) is 9.93. The molecule has 0 spiro atoms. The molecule has 3 aliphatic rings. The Balaban J connectivity index is 1.26. The van der Waals surface area contributed by atoms with Crippen molar-refractivity contribution >= 4 is 61.2 Å². The second-order valence-electron chi connectivity index (χ2n) is 8.16. The molecular weight excluding hydrogens is 520 g/mol. The lowest BCUT2D eigenvalue weighted by Crippen LogP contribution is -2.37. The molecular formula is C21H22Br2N2O5. The number of hydrogen-bond acceptors (Lipinski definition) is 5. The van der Waals surface area contributed by atoms with E-state index in [2.05, 4.69) is 37.2 Å². The highest BCUT2D eigenvalue weighted by Crippen LogP contribution is 2.60. The number of halogens is 2. The number of ether oxygens (including phenoxy) is 1. The number of aryl methyl sites for hydroxylation is 1. The predicted molar refractivity (Wildman–Crippen MR) is 116 cm³/mol. The summed E-state index contributed by atoms with van der Waals surface area (Å²) in [6.07, 6.45) is 0.740. The fourth-order valence-electron chi connectivity index (χ4n) is 4.97. The maximum absolute atomic E-state index is 12.8. The van der Waals surface area contributed by atoms with E-state index in [4.69, 9.17) is 4.74 Å². The molecule has 6 atom stereocenters. The summed E-state index contributed by atoms with van der Waals surface area (Å²) in [5.74, 6) is -1.75. The summed E-state index contributed by atoms with van der Waals surface area (Å²) in [5, 5.41) is 2.66. The molecule has 3 amide bonds. The number of benzene rings is 1. The fourth-order valence-corrected chi connectivity index (χ4v) is 6.85. The van der Waals surface area contributed by atoms with Gasteiger partial charge in [-0.3, -0.25) is 24.1 Å². The summed E-state index contributed by atoms with van der Waals surface area (Å²) < 4.78 is 5.00. The lowest BCUT2D eigenvalue weighted by molar-refractivity contribution is -0.149. The summed E-state index contributed by atoms with van der Waals surface area (Å²) >= 11 is 7.29. The summed E-state index contributed by atoms with van der Waals surface area (Å²) in [7, 11) is 0. The van der Waals surface area contributed by atoms with Crippen LogP contribution in [-0.2, 0) is 23.9 Å². The first-order valence-corrected chi connectivity index (χ1v) is 11.8. The number of alkyl halides is 2. The molecule has 0 aromatic heterocycles. The lowest BCUT2D eigenvalue weighted by atomic mass is 9.81. The molecule has 1 aromatic carbocycles. The first kappa shape index (κ1) is 21.5. The summed E-state index contributed by atoms with van der Waals surface area (Å²) in [4.78, 5) is 51.2. The Kier molecular flexibility index (Phi) is 6.03. The summed E-state index contributed by atoms with van der Waals surface area (Å²) in [5.41, 5.74) is 1.63. The van der Waals surface area contributed by atoms with Gasteiger partial charge in [0.1, 0.15) is 0 Å². The van der Waals surface area contributed by atoms with E-state index in [1.165, 1.54) is 4.90 Å². The highest BCUT2D eigenvalue weighted by molar-refractivity contribution is 9.12. The zero-order valence-corrected chi connectivity index (χ0v) is 19.5. The predicted octanol–water partition coefficient (Wildman–Crippen LogP) is 2.64. The lowest BCUT2D eigenvalue weighted by Gasteiger charge is -2.28. The molecule has 2 aliphatic carbocycles. The number of hydrogen-bond donors (Lipinski definition) is 1. The third-order valence-corrected chi connectivity index (χ3v) is 9.49. The number of carbonyl (C=O) groups is 4. The first-order chi connectivity index (χ1) is 14.3. The highest BCUT2D eigenvalue weighted by atomic mass is 79.9. The van der Waals surface area contributed by atoms with E-state index in [0.717, 1.165) is 12.0 Å². The molecule has 3 fully saturated rings. The van der Waals surface area contributed by atoms with Crippen LogP contribution in [0.5, 0.6) is 0 Å². The molecule has 1 aromatic rings. The average Bonchev–Trinajstić information content (AvgIpc) is 3.30. The molecule has 160 valence electrons. The van der Waals surface area contributed by atoms with Crippen molar-refractivity contribution in [3.05, 3.63) is 29.8 Å². The smallest absolute Gasteiger partial charge is 0.308 e. The molecule has 30 heavy (non-hydrogen) atoms. The van der Waals surface area contributed by atoms with Gasteiger partial charge in [0.05, 0.1) is 18.3 Å². The molecule has 9 heteroatoms. The van der Waals surface area contributed by atoms with Crippen molar-refractivity contribution < 1.29 is 23.9 Å². The minimum atomic E-state index is -0.619. The van der Waals surface area contributed by atoms with Gasteiger partial charge in [-0.1, -0.05) is 44.0 Å². The second kappa shape index (κ2) is 8.42. The molecule has 0 radical (unpaired) electrons. The van der Waals surface area contributed by atoms with Crippen LogP contribution in [0.1, 0.15) is 18.4 Å². The zero-order chi connectivity index (χ0) is 21.6. The average molecular weight is 542 g/mol. The molecule has 1 N–H and O–H groups in total. The van der Waals surface area contributed by atoms with E-state index in [9.17, 15) is 19.2 Å². The molecule has 1 saturated heterocycles. The van der Waals surface area contributed by atoms with Crippen LogP contribution in [0.15, 0.2) is 24.3 Å². The highest BCUT2D eigenvalue weighted by Gasteiger charge is 2.66. The topological polar surface area (TPSA) is 92.8 Å². The van der Waals surface area contributed by atoms with E-state index in [1.807, 2.05) is 25.1 Å². The molecule has 2 saturated carbocycles. The second-order valence-corrected chi connectivity index (χ2v) is 10.3. The van der Waals surface area contributed by atoms with Gasteiger partial charge in [0.25, 0.3) is 5.91 Å². The zero-order valence-electron chi connectivity index (χ0n) is 16.3. The van der Waals surface area contributed by atoms with Crippen LogP contribution in [0.3, 0.4) is 0 Å². The third kappa shape index (κ3) is 3.82. The van der Waals surface area contributed by atoms with Crippen molar-refractivity contribution in [3.8, 4) is 0 Å². The van der Waals surface area contributed by atoms with Gasteiger partial charge in [-0.25, -0.2) is 0 Å². The maximum atomic E-state index is 12.8. The summed E-state index contributed by atoms with van der Waals surface area (Å²) in [6, 6.07) is 7.28. The number of esters is 1. The van der Waals surface area contributed by atoms with Crippen LogP contribution in [0, 0.1) is 30.6 Å². The minimum absolute atomic E-state index is 0.0116. The fraction of sp³-hybridized carbons (Fsp3) is 0.524. The number of likely N-dealkylation sites (tertiary alicyclic amines) is 1. The van der Waals surface area contributed by atoms with Gasteiger partial charge in [-0.05, 0) is 42.9 Å². The largest absolute Gasteiger partial charge is 0.456 e. The Bertz CT molecular complexity index is 875. The number of rotatable bonds is 6. The van der Waals surface area contributed by atoms with Gasteiger partial charge < -0.3 is 10.1 Å². The van der Waals surface area contributed by atoms with Crippen LogP contribution < -0.4 is 5.32 Å². The van der Waals surface area contributed by atoms with Crippen LogP contribution in [0.4, 0.5) is 5.69 Å². The molecule has 4 rings (SSSR count). The van der Waals surface area contributed by atoms with Gasteiger partial charge >= 0.3 is 5.97 Å². The van der Waals surface area contributed by atoms with Gasteiger partial charge in [0.2, 0.25) is 11.8 Å². The molecule has 1 heterocycles. The Morgan fingerprint density at radius 3 is 2.37 bits per heavy atom. The standard InChI is InChI=1S/C21H22Br2N2O5/c1-10-3-2-4-11(7-10)24-14(26)9-30-15(27)5-6-25-20(28)16-12-8-13(17(16)21(25)29)19(23)18(12)22/h2-4,7,12-13,16-19H,5-6,8-9H2,1H3,(H,24,26)/t12-,13-,16-,17-,18-,19+/m1/s1. The molecule has 7 nitrogen and oxygen atoms in total. The normalized spacial score (nSPS) is 31.8. The van der Waals surface area contributed by atoms with Crippen molar-refractivity contribution in [2.45, 2.75) is 29.4 Å². The Morgan fingerprint density at radius 2 is 1.77 bits per heavy atom. The number of imide groups is 1. The quantitative estimate of drug-likeness (QED) is 0.339. The van der Waals surface area contributed by atoms with Crippen molar-refractivity contribution in [1.29, 1.82) is 0 Å². The van der Waals surface area contributed by atoms with E-state index in [0.29, 0.717) is 5.69 Å². The van der Waals surface area contributed by atoms with E-state index < -0.39 is 18.5 Å². The van der Waals surface area contributed by atoms with Crippen molar-refractivity contribution in [2.75, 3.05) is 18.5 Å². The number of fused-ring (bicyclic) bond motifs is 5. The van der Waals surface area contributed by atoms with Crippen molar-refractivity contribution in [1.82, 2.24) is 4.90 Å². The summed E-state index contributed by atoms with van der Waals surface area (Å²) in [6.45, 7) is 1.48. The van der Waals surface area contributed by atoms with Crippen LogP contribution in [0.25, 0.3) is 0 Å². The number of nitrogens with zero attached hydrogens (tertiary/aromatic N) is 1. The maximum Gasteiger partial charge on any atom is 0.308 e. The van der Waals surface area contributed by atoms with E-state index >= 15 is 0 Å². The Hall–Kier alpha value is -1.74. The monoisotopic (exact) mass is 540 g/mol.